The van der Waals surface area contributed by atoms with Crippen LogP contribution in [-0.2, 0) is 4.79 Å². The Labute approximate surface area is 110 Å². The minimum Gasteiger partial charge on any atom is -0.322 e. The number of nitrogens with one attached hydrogen (secondary N) is 1. The van der Waals surface area contributed by atoms with Crippen LogP contribution in [0.1, 0.15) is 25.7 Å². The first-order valence-corrected chi connectivity index (χ1v) is 6.33. The van der Waals surface area contributed by atoms with Crippen molar-refractivity contribution in [3.8, 4) is 0 Å². The summed E-state index contributed by atoms with van der Waals surface area (Å²) in [6.45, 7) is 0. The van der Waals surface area contributed by atoms with E-state index in [2.05, 4.69) is 5.32 Å². The van der Waals surface area contributed by atoms with Crippen LogP contribution in [0.25, 0.3) is 0 Å². The molecule has 92 valence electrons. The standard InChI is InChI=1S/C12H14Cl2N2O/c13-8-4-3-5-9(14)10(8)16-11(17)12(15)6-1-2-7-12/h3-5H,1-2,6-7,15H2,(H,16,17). The lowest BCUT2D eigenvalue weighted by molar-refractivity contribution is -0.121. The lowest BCUT2D eigenvalue weighted by atomic mass is 9.98. The Kier molecular flexibility index (Phi) is 3.61. The first-order valence-electron chi connectivity index (χ1n) is 5.57. The molecule has 0 unspecified atom stereocenters. The number of carbonyl (C=O) groups is 1. The van der Waals surface area contributed by atoms with Crippen molar-refractivity contribution >= 4 is 34.8 Å². The SMILES string of the molecule is NC1(C(=O)Nc2c(Cl)cccc2Cl)CCCC1. The number of hydrogen-bond acceptors (Lipinski definition) is 2. The predicted octanol–water partition coefficient (Wildman–Crippen LogP) is 3.20. The van der Waals surface area contributed by atoms with Gasteiger partial charge in [0, 0.05) is 0 Å². The van der Waals surface area contributed by atoms with Gasteiger partial charge in [-0.2, -0.15) is 0 Å². The summed E-state index contributed by atoms with van der Waals surface area (Å²) in [6, 6.07) is 5.09. The zero-order valence-electron chi connectivity index (χ0n) is 9.30. The molecule has 0 saturated heterocycles. The summed E-state index contributed by atoms with van der Waals surface area (Å²) in [6.07, 6.45) is 3.39. The maximum Gasteiger partial charge on any atom is 0.244 e. The van der Waals surface area contributed by atoms with E-state index in [1.807, 2.05) is 0 Å². The molecule has 17 heavy (non-hydrogen) atoms. The predicted molar refractivity (Wildman–Crippen MR) is 70.5 cm³/mol. The van der Waals surface area contributed by atoms with Crippen molar-refractivity contribution in [2.75, 3.05) is 5.32 Å². The van der Waals surface area contributed by atoms with Crippen LogP contribution in [0.2, 0.25) is 10.0 Å². The zero-order valence-corrected chi connectivity index (χ0v) is 10.8. The number of hydrogen-bond donors (Lipinski definition) is 2. The third-order valence-corrected chi connectivity index (χ3v) is 3.78. The Morgan fingerprint density at radius 1 is 1.24 bits per heavy atom. The molecule has 0 bridgehead atoms. The molecule has 3 nitrogen and oxygen atoms in total. The van der Waals surface area contributed by atoms with E-state index in [9.17, 15) is 4.79 Å². The molecule has 1 aliphatic carbocycles. The van der Waals surface area contributed by atoms with E-state index in [-0.39, 0.29) is 5.91 Å². The minimum atomic E-state index is -0.775. The number of para-hydroxylation sites is 1. The molecule has 0 heterocycles. The lowest BCUT2D eigenvalue weighted by Gasteiger charge is -2.22. The van der Waals surface area contributed by atoms with E-state index in [4.69, 9.17) is 28.9 Å². The van der Waals surface area contributed by atoms with E-state index < -0.39 is 5.54 Å². The highest BCUT2D eigenvalue weighted by Crippen LogP contribution is 2.33. The van der Waals surface area contributed by atoms with E-state index in [1.165, 1.54) is 0 Å². The van der Waals surface area contributed by atoms with E-state index in [0.29, 0.717) is 28.6 Å². The third-order valence-electron chi connectivity index (χ3n) is 3.15. The fourth-order valence-electron chi connectivity index (χ4n) is 2.09. The number of halogens is 2. The van der Waals surface area contributed by atoms with Gasteiger partial charge in [0.2, 0.25) is 5.91 Å². The van der Waals surface area contributed by atoms with Gasteiger partial charge >= 0.3 is 0 Å². The topological polar surface area (TPSA) is 55.1 Å². The summed E-state index contributed by atoms with van der Waals surface area (Å²) < 4.78 is 0. The second-order valence-electron chi connectivity index (χ2n) is 4.41. The number of rotatable bonds is 2. The zero-order chi connectivity index (χ0) is 12.5. The Morgan fingerprint density at radius 3 is 2.29 bits per heavy atom. The Bertz CT molecular complexity index is 422. The molecule has 1 aromatic carbocycles. The van der Waals surface area contributed by atoms with Crippen molar-refractivity contribution in [1.82, 2.24) is 0 Å². The van der Waals surface area contributed by atoms with Gasteiger partial charge in [-0.25, -0.2) is 0 Å². The van der Waals surface area contributed by atoms with Crippen molar-refractivity contribution in [2.24, 2.45) is 5.73 Å². The smallest absolute Gasteiger partial charge is 0.244 e. The quantitative estimate of drug-likeness (QED) is 0.869. The molecular weight excluding hydrogens is 259 g/mol. The van der Waals surface area contributed by atoms with Gasteiger partial charge < -0.3 is 11.1 Å². The molecule has 1 amide bonds. The average Bonchev–Trinajstić information content (AvgIpc) is 2.72. The van der Waals surface area contributed by atoms with E-state index in [0.717, 1.165) is 12.8 Å². The van der Waals surface area contributed by atoms with Crippen LogP contribution in [0.3, 0.4) is 0 Å². The molecule has 1 aliphatic rings. The maximum atomic E-state index is 12.1. The van der Waals surface area contributed by atoms with Gasteiger partial charge in [0.05, 0.1) is 21.3 Å². The molecule has 0 atom stereocenters. The van der Waals surface area contributed by atoms with Gasteiger partial charge in [0.25, 0.3) is 0 Å². The number of benzene rings is 1. The fraction of sp³-hybridized carbons (Fsp3) is 0.417. The Morgan fingerprint density at radius 2 is 1.76 bits per heavy atom. The molecular formula is C12H14Cl2N2O. The van der Waals surface area contributed by atoms with Crippen LogP contribution >= 0.6 is 23.2 Å². The summed E-state index contributed by atoms with van der Waals surface area (Å²) in [7, 11) is 0. The van der Waals surface area contributed by atoms with Gasteiger partial charge in [0.15, 0.2) is 0 Å². The van der Waals surface area contributed by atoms with Crippen LogP contribution in [-0.4, -0.2) is 11.4 Å². The largest absolute Gasteiger partial charge is 0.322 e. The van der Waals surface area contributed by atoms with E-state index in [1.54, 1.807) is 18.2 Å². The Balaban J connectivity index is 2.18. The maximum absolute atomic E-state index is 12.1. The molecule has 0 aromatic heterocycles. The first-order chi connectivity index (χ1) is 8.03. The van der Waals surface area contributed by atoms with Crippen molar-refractivity contribution in [3.05, 3.63) is 28.2 Å². The molecule has 1 aromatic rings. The summed E-state index contributed by atoms with van der Waals surface area (Å²) >= 11 is 12.0. The average molecular weight is 273 g/mol. The van der Waals surface area contributed by atoms with Gasteiger partial charge in [0.1, 0.15) is 0 Å². The molecule has 3 N–H and O–H groups in total. The number of anilines is 1. The molecule has 1 fully saturated rings. The third kappa shape index (κ3) is 2.57. The monoisotopic (exact) mass is 272 g/mol. The molecule has 5 heteroatoms. The Hall–Kier alpha value is -0.770. The molecule has 1 saturated carbocycles. The van der Waals surface area contributed by atoms with Gasteiger partial charge in [-0.05, 0) is 25.0 Å². The van der Waals surface area contributed by atoms with Crippen molar-refractivity contribution in [1.29, 1.82) is 0 Å². The number of carbonyl (C=O) groups excluding carboxylic acids is 1. The summed E-state index contributed by atoms with van der Waals surface area (Å²) in [5.41, 5.74) is 5.72. The van der Waals surface area contributed by atoms with Crippen LogP contribution in [0.15, 0.2) is 18.2 Å². The molecule has 0 spiro atoms. The molecule has 2 rings (SSSR count). The summed E-state index contributed by atoms with van der Waals surface area (Å²) in [5.74, 6) is -0.204. The van der Waals surface area contributed by atoms with Gasteiger partial charge in [-0.1, -0.05) is 42.1 Å². The highest BCUT2D eigenvalue weighted by Gasteiger charge is 2.37. The highest BCUT2D eigenvalue weighted by atomic mass is 35.5. The highest BCUT2D eigenvalue weighted by molar-refractivity contribution is 6.39. The first kappa shape index (κ1) is 12.7. The van der Waals surface area contributed by atoms with E-state index >= 15 is 0 Å². The molecule has 0 radical (unpaired) electrons. The molecule has 0 aliphatic heterocycles. The minimum absolute atomic E-state index is 0.204. The summed E-state index contributed by atoms with van der Waals surface area (Å²) in [5, 5.41) is 3.58. The van der Waals surface area contributed by atoms with Crippen LogP contribution in [0.4, 0.5) is 5.69 Å². The van der Waals surface area contributed by atoms with Crippen molar-refractivity contribution < 1.29 is 4.79 Å². The van der Waals surface area contributed by atoms with Crippen molar-refractivity contribution in [3.63, 3.8) is 0 Å². The number of nitrogens with two attached hydrogens (primary N) is 1. The van der Waals surface area contributed by atoms with Gasteiger partial charge in [-0.15, -0.1) is 0 Å². The van der Waals surface area contributed by atoms with Gasteiger partial charge in [-0.3, -0.25) is 4.79 Å². The van der Waals surface area contributed by atoms with Crippen LogP contribution < -0.4 is 11.1 Å². The van der Waals surface area contributed by atoms with Crippen LogP contribution in [0, 0.1) is 0 Å². The lowest BCUT2D eigenvalue weighted by Crippen LogP contribution is -2.48. The second-order valence-corrected chi connectivity index (χ2v) is 5.23. The summed E-state index contributed by atoms with van der Waals surface area (Å²) in [4.78, 5) is 12.1. The second kappa shape index (κ2) is 4.84. The number of amides is 1. The normalized spacial score (nSPS) is 18.1. The van der Waals surface area contributed by atoms with Crippen molar-refractivity contribution in [2.45, 2.75) is 31.2 Å². The van der Waals surface area contributed by atoms with Crippen LogP contribution in [0.5, 0.6) is 0 Å². The fourth-order valence-corrected chi connectivity index (χ4v) is 2.58.